The first-order chi connectivity index (χ1) is 10.9. The molecule has 1 aromatic heterocycles. The number of nitrogens with one attached hydrogen (secondary N) is 1. The minimum absolute atomic E-state index is 0.256. The molecule has 1 fully saturated rings. The molecule has 0 saturated carbocycles. The summed E-state index contributed by atoms with van der Waals surface area (Å²) >= 11 is 1.45. The molecule has 0 aliphatic carbocycles. The number of rotatable bonds is 4. The molecule has 1 aliphatic rings. The van der Waals surface area contributed by atoms with Crippen molar-refractivity contribution in [3.05, 3.63) is 57.8 Å². The van der Waals surface area contributed by atoms with Crippen LogP contribution in [-0.2, 0) is 10.3 Å². The van der Waals surface area contributed by atoms with E-state index in [1.54, 1.807) is 25.1 Å². The van der Waals surface area contributed by atoms with E-state index in [1.807, 2.05) is 29.8 Å². The number of hydrogen-bond donors (Lipinski definition) is 1. The Balaban J connectivity index is 1.81. The van der Waals surface area contributed by atoms with Gasteiger partial charge in [0, 0.05) is 5.56 Å². The quantitative estimate of drug-likeness (QED) is 0.693. The van der Waals surface area contributed by atoms with E-state index in [2.05, 4.69) is 5.32 Å². The summed E-state index contributed by atoms with van der Waals surface area (Å²) in [6.45, 7) is 3.33. The summed E-state index contributed by atoms with van der Waals surface area (Å²) in [6, 6.07) is 8.32. The van der Waals surface area contributed by atoms with Crippen molar-refractivity contribution in [2.45, 2.75) is 19.4 Å². The number of Topliss-reactive ketones (excluding diaryl/α,β-unsaturated/α-hetero) is 1. The molecular weight excluding hydrogens is 312 g/mol. The second kappa shape index (κ2) is 5.62. The molecule has 1 aromatic carbocycles. The molecule has 3 amide bonds. The molecule has 118 valence electrons. The van der Waals surface area contributed by atoms with Crippen LogP contribution >= 0.6 is 11.3 Å². The number of hydrogen-bond acceptors (Lipinski definition) is 4. The van der Waals surface area contributed by atoms with Gasteiger partial charge in [0.1, 0.15) is 5.54 Å². The van der Waals surface area contributed by atoms with Gasteiger partial charge in [-0.15, -0.1) is 0 Å². The van der Waals surface area contributed by atoms with Gasteiger partial charge in [-0.2, -0.15) is 11.3 Å². The van der Waals surface area contributed by atoms with Crippen molar-refractivity contribution in [2.24, 2.45) is 0 Å². The minimum atomic E-state index is -1.11. The summed E-state index contributed by atoms with van der Waals surface area (Å²) in [6.07, 6.45) is 0. The normalized spacial score (nSPS) is 20.7. The van der Waals surface area contributed by atoms with Crippen molar-refractivity contribution in [3.8, 4) is 0 Å². The predicted molar refractivity (Wildman–Crippen MR) is 87.4 cm³/mol. The fraction of sp³-hybridized carbons (Fsp3) is 0.235. The van der Waals surface area contributed by atoms with Crippen LogP contribution in [0, 0.1) is 6.92 Å². The highest BCUT2D eigenvalue weighted by Crippen LogP contribution is 2.30. The summed E-state index contributed by atoms with van der Waals surface area (Å²) in [5.74, 6) is -0.663. The molecule has 3 rings (SSSR count). The Labute approximate surface area is 137 Å². The van der Waals surface area contributed by atoms with Gasteiger partial charge in [0.2, 0.25) is 0 Å². The Bertz CT molecular complexity index is 768. The highest BCUT2D eigenvalue weighted by molar-refractivity contribution is 7.08. The number of urea groups is 1. The third-order valence-electron chi connectivity index (χ3n) is 4.05. The average Bonchev–Trinajstić information content (AvgIpc) is 3.12. The summed E-state index contributed by atoms with van der Waals surface area (Å²) in [5, 5.41) is 6.36. The van der Waals surface area contributed by atoms with Gasteiger partial charge in [-0.3, -0.25) is 14.5 Å². The molecule has 5 nitrogen and oxygen atoms in total. The van der Waals surface area contributed by atoms with Crippen LogP contribution in [0.15, 0.2) is 41.1 Å². The van der Waals surface area contributed by atoms with E-state index in [0.717, 1.165) is 16.0 Å². The predicted octanol–water partition coefficient (Wildman–Crippen LogP) is 2.71. The Morgan fingerprint density at radius 2 is 1.91 bits per heavy atom. The first-order valence-corrected chi connectivity index (χ1v) is 8.13. The molecule has 0 spiro atoms. The maximum atomic E-state index is 12.7. The van der Waals surface area contributed by atoms with Gasteiger partial charge in [0.15, 0.2) is 5.78 Å². The van der Waals surface area contributed by atoms with Crippen molar-refractivity contribution < 1.29 is 14.4 Å². The monoisotopic (exact) mass is 328 g/mol. The van der Waals surface area contributed by atoms with Gasteiger partial charge >= 0.3 is 6.03 Å². The van der Waals surface area contributed by atoms with Crippen LogP contribution in [0.25, 0.3) is 0 Å². The molecule has 1 atom stereocenters. The lowest BCUT2D eigenvalue weighted by Crippen LogP contribution is -2.41. The van der Waals surface area contributed by atoms with Crippen LogP contribution in [0.5, 0.6) is 0 Å². The number of ketones is 1. The largest absolute Gasteiger partial charge is 0.325 e. The maximum absolute atomic E-state index is 12.7. The maximum Gasteiger partial charge on any atom is 0.325 e. The van der Waals surface area contributed by atoms with Crippen molar-refractivity contribution in [2.75, 3.05) is 6.54 Å². The van der Waals surface area contributed by atoms with Gasteiger partial charge in [-0.25, -0.2) is 4.79 Å². The summed E-state index contributed by atoms with van der Waals surface area (Å²) in [4.78, 5) is 38.1. The highest BCUT2D eigenvalue weighted by atomic mass is 32.1. The molecule has 23 heavy (non-hydrogen) atoms. The van der Waals surface area contributed by atoms with Crippen molar-refractivity contribution >= 4 is 29.1 Å². The van der Waals surface area contributed by atoms with E-state index in [4.69, 9.17) is 0 Å². The topological polar surface area (TPSA) is 66.5 Å². The first kappa shape index (κ1) is 15.4. The zero-order valence-corrected chi connectivity index (χ0v) is 13.6. The molecule has 6 heteroatoms. The molecule has 1 aliphatic heterocycles. The van der Waals surface area contributed by atoms with Crippen LogP contribution < -0.4 is 5.32 Å². The smallest absolute Gasteiger partial charge is 0.319 e. The van der Waals surface area contributed by atoms with Gasteiger partial charge in [0.25, 0.3) is 5.91 Å². The number of aryl methyl sites for hydroxylation is 1. The van der Waals surface area contributed by atoms with Crippen molar-refractivity contribution in [1.29, 1.82) is 0 Å². The lowest BCUT2D eigenvalue weighted by molar-refractivity contribution is -0.130. The molecule has 2 aromatic rings. The zero-order valence-electron chi connectivity index (χ0n) is 12.8. The first-order valence-electron chi connectivity index (χ1n) is 7.18. The van der Waals surface area contributed by atoms with E-state index >= 15 is 0 Å². The Morgan fingerprint density at radius 3 is 2.52 bits per heavy atom. The van der Waals surface area contributed by atoms with Crippen LogP contribution in [0.1, 0.15) is 28.4 Å². The Kier molecular flexibility index (Phi) is 3.77. The zero-order chi connectivity index (χ0) is 16.6. The fourth-order valence-electron chi connectivity index (χ4n) is 2.56. The second-order valence-corrected chi connectivity index (χ2v) is 6.53. The highest BCUT2D eigenvalue weighted by Gasteiger charge is 2.49. The number of imide groups is 1. The van der Waals surface area contributed by atoms with Gasteiger partial charge in [0.05, 0.1) is 6.54 Å². The fourth-order valence-corrected chi connectivity index (χ4v) is 3.32. The summed E-state index contributed by atoms with van der Waals surface area (Å²) in [7, 11) is 0. The molecular formula is C17H16N2O3S. The lowest BCUT2D eigenvalue weighted by Gasteiger charge is -2.20. The van der Waals surface area contributed by atoms with E-state index in [1.165, 1.54) is 11.3 Å². The van der Waals surface area contributed by atoms with E-state index in [9.17, 15) is 14.4 Å². The lowest BCUT2D eigenvalue weighted by atomic mass is 9.95. The average molecular weight is 328 g/mol. The van der Waals surface area contributed by atoms with Crippen molar-refractivity contribution in [1.82, 2.24) is 10.2 Å². The van der Waals surface area contributed by atoms with Gasteiger partial charge < -0.3 is 5.32 Å². The third-order valence-corrected chi connectivity index (χ3v) is 4.73. The number of amides is 3. The van der Waals surface area contributed by atoms with Gasteiger partial charge in [-0.05, 0) is 36.2 Å². The molecule has 1 saturated heterocycles. The minimum Gasteiger partial charge on any atom is -0.319 e. The van der Waals surface area contributed by atoms with Gasteiger partial charge in [-0.1, -0.05) is 29.8 Å². The van der Waals surface area contributed by atoms with Crippen LogP contribution in [-0.4, -0.2) is 29.2 Å². The summed E-state index contributed by atoms with van der Waals surface area (Å²) in [5.41, 5.74) is 1.15. The number of thiophene rings is 1. The SMILES string of the molecule is Cc1ccc(C(=O)CN2C(=O)N[C@](C)(c3ccsc3)C2=O)cc1. The van der Waals surface area contributed by atoms with E-state index in [-0.39, 0.29) is 12.3 Å². The summed E-state index contributed by atoms with van der Waals surface area (Å²) < 4.78 is 0. The Morgan fingerprint density at radius 1 is 1.22 bits per heavy atom. The Hall–Kier alpha value is -2.47. The number of carbonyl (C=O) groups is 3. The molecule has 1 N–H and O–H groups in total. The van der Waals surface area contributed by atoms with Crippen LogP contribution in [0.3, 0.4) is 0 Å². The standard InChI is InChI=1S/C17H16N2O3S/c1-11-3-5-12(6-4-11)14(20)9-19-15(21)17(2,18-16(19)22)13-7-8-23-10-13/h3-8,10H,9H2,1-2H3,(H,18,22)/t17-/m1/s1. The molecule has 0 radical (unpaired) electrons. The molecule has 2 heterocycles. The van der Waals surface area contributed by atoms with Crippen LogP contribution in [0.2, 0.25) is 0 Å². The van der Waals surface area contributed by atoms with Crippen molar-refractivity contribution in [3.63, 3.8) is 0 Å². The van der Waals surface area contributed by atoms with E-state index in [0.29, 0.717) is 5.56 Å². The van der Waals surface area contributed by atoms with E-state index < -0.39 is 17.5 Å². The second-order valence-electron chi connectivity index (χ2n) is 5.75. The number of benzene rings is 1. The molecule has 0 bridgehead atoms. The third kappa shape index (κ3) is 2.66. The number of nitrogens with zero attached hydrogens (tertiary/aromatic N) is 1. The number of carbonyl (C=O) groups excluding carboxylic acids is 3. The van der Waals surface area contributed by atoms with Crippen LogP contribution in [0.4, 0.5) is 4.79 Å². The molecule has 0 unspecified atom stereocenters.